The minimum Gasteiger partial charge on any atom is -0.467 e. The van der Waals surface area contributed by atoms with Crippen molar-refractivity contribution in [3.8, 4) is 0 Å². The molecule has 94 valence electrons. The van der Waals surface area contributed by atoms with Gasteiger partial charge in [0.1, 0.15) is 5.76 Å². The van der Waals surface area contributed by atoms with E-state index < -0.39 is 0 Å². The summed E-state index contributed by atoms with van der Waals surface area (Å²) in [6.45, 7) is 2.80. The molecular formula is C14H15BrN2O. The highest BCUT2D eigenvalue weighted by molar-refractivity contribution is 9.10. The molecule has 0 atom stereocenters. The maximum absolute atomic E-state index is 6.00. The summed E-state index contributed by atoms with van der Waals surface area (Å²) in [6, 6.07) is 8.11. The fraction of sp³-hybridized carbons (Fsp3) is 0.286. The summed E-state index contributed by atoms with van der Waals surface area (Å²) in [4.78, 5) is 2.38. The molecule has 3 nitrogen and oxygen atoms in total. The van der Waals surface area contributed by atoms with E-state index in [0.29, 0.717) is 0 Å². The predicted octanol–water partition coefficient (Wildman–Crippen LogP) is 3.18. The molecule has 18 heavy (non-hydrogen) atoms. The lowest BCUT2D eigenvalue weighted by atomic mass is 9.98. The first-order valence-corrected chi connectivity index (χ1v) is 6.84. The van der Waals surface area contributed by atoms with Crippen LogP contribution < -0.4 is 5.73 Å². The van der Waals surface area contributed by atoms with Crippen LogP contribution in [0.2, 0.25) is 0 Å². The zero-order chi connectivity index (χ0) is 12.5. The number of anilines is 1. The largest absolute Gasteiger partial charge is 0.467 e. The Bertz CT molecular complexity index is 565. The summed E-state index contributed by atoms with van der Waals surface area (Å²) in [7, 11) is 0. The average Bonchev–Trinajstić information content (AvgIpc) is 2.75. The van der Waals surface area contributed by atoms with Crippen molar-refractivity contribution < 1.29 is 4.42 Å². The van der Waals surface area contributed by atoms with E-state index in [-0.39, 0.29) is 0 Å². The lowest BCUT2D eigenvalue weighted by Crippen LogP contribution is -2.30. The van der Waals surface area contributed by atoms with Crippen molar-refractivity contribution >= 4 is 21.6 Å². The second-order valence-corrected chi connectivity index (χ2v) is 5.49. The first-order valence-electron chi connectivity index (χ1n) is 6.04. The van der Waals surface area contributed by atoms with Gasteiger partial charge in [-0.25, -0.2) is 0 Å². The number of nitrogens with two attached hydrogens (primary N) is 1. The molecular weight excluding hydrogens is 292 g/mol. The molecule has 1 aliphatic rings. The Morgan fingerprint density at radius 3 is 3.00 bits per heavy atom. The molecule has 0 amide bonds. The van der Waals surface area contributed by atoms with Crippen molar-refractivity contribution in [3.05, 3.63) is 51.9 Å². The van der Waals surface area contributed by atoms with Crippen LogP contribution >= 0.6 is 15.9 Å². The highest BCUT2D eigenvalue weighted by atomic mass is 79.9. The van der Waals surface area contributed by atoms with Crippen LogP contribution in [0.15, 0.2) is 39.4 Å². The lowest BCUT2D eigenvalue weighted by molar-refractivity contribution is 0.225. The number of nitrogens with zero attached hydrogens (tertiary/aromatic N) is 1. The van der Waals surface area contributed by atoms with Gasteiger partial charge in [0, 0.05) is 18.8 Å². The van der Waals surface area contributed by atoms with Gasteiger partial charge in [-0.2, -0.15) is 0 Å². The van der Waals surface area contributed by atoms with Crippen LogP contribution in [-0.4, -0.2) is 11.4 Å². The molecule has 1 aromatic carbocycles. The van der Waals surface area contributed by atoms with Crippen molar-refractivity contribution in [1.29, 1.82) is 0 Å². The highest BCUT2D eigenvalue weighted by Crippen LogP contribution is 2.26. The Kier molecular flexibility index (Phi) is 3.14. The van der Waals surface area contributed by atoms with E-state index in [4.69, 9.17) is 10.2 Å². The van der Waals surface area contributed by atoms with E-state index in [9.17, 15) is 0 Å². The van der Waals surface area contributed by atoms with E-state index in [1.165, 1.54) is 11.1 Å². The van der Waals surface area contributed by atoms with E-state index >= 15 is 0 Å². The summed E-state index contributed by atoms with van der Waals surface area (Å²) < 4.78 is 6.51. The van der Waals surface area contributed by atoms with Crippen molar-refractivity contribution in [2.45, 2.75) is 19.5 Å². The smallest absolute Gasteiger partial charge is 0.131 e. The summed E-state index contributed by atoms with van der Waals surface area (Å²) in [6.07, 6.45) is 2.73. The third-order valence-electron chi connectivity index (χ3n) is 3.44. The van der Waals surface area contributed by atoms with Gasteiger partial charge in [-0.05, 0) is 45.6 Å². The summed E-state index contributed by atoms with van der Waals surface area (Å²) in [5, 5.41) is 0. The van der Waals surface area contributed by atoms with Gasteiger partial charge < -0.3 is 10.2 Å². The second kappa shape index (κ2) is 4.78. The van der Waals surface area contributed by atoms with Gasteiger partial charge in [-0.3, -0.25) is 4.90 Å². The van der Waals surface area contributed by atoms with E-state index in [1.807, 2.05) is 18.2 Å². The number of furan rings is 1. The first-order chi connectivity index (χ1) is 8.74. The van der Waals surface area contributed by atoms with Gasteiger partial charge in [0.2, 0.25) is 0 Å². The van der Waals surface area contributed by atoms with Crippen molar-refractivity contribution in [2.24, 2.45) is 0 Å². The van der Waals surface area contributed by atoms with Gasteiger partial charge in [0.25, 0.3) is 0 Å². The summed E-state index contributed by atoms with van der Waals surface area (Å²) in [5.74, 6) is 0.988. The topological polar surface area (TPSA) is 42.4 Å². The molecule has 0 unspecified atom stereocenters. The molecule has 0 fully saturated rings. The Balaban J connectivity index is 1.77. The van der Waals surface area contributed by atoms with Crippen LogP contribution in [0, 0.1) is 0 Å². The van der Waals surface area contributed by atoms with Crippen LogP contribution in [0.3, 0.4) is 0 Å². The van der Waals surface area contributed by atoms with Crippen molar-refractivity contribution in [3.63, 3.8) is 0 Å². The molecule has 0 bridgehead atoms. The number of rotatable bonds is 2. The Morgan fingerprint density at radius 2 is 2.22 bits per heavy atom. The monoisotopic (exact) mass is 306 g/mol. The van der Waals surface area contributed by atoms with E-state index in [2.05, 4.69) is 26.9 Å². The molecule has 4 heteroatoms. The van der Waals surface area contributed by atoms with Gasteiger partial charge in [0.05, 0.1) is 17.3 Å². The standard InChI is InChI=1S/C14H15BrN2O/c15-12-5-7-18-14(12)9-17-6-4-11-10(8-17)2-1-3-13(11)16/h1-3,5,7H,4,6,8-9,16H2. The summed E-state index contributed by atoms with van der Waals surface area (Å²) >= 11 is 3.50. The molecule has 1 aliphatic heterocycles. The van der Waals surface area contributed by atoms with Gasteiger partial charge in [-0.1, -0.05) is 12.1 Å². The number of hydrogen-bond acceptors (Lipinski definition) is 3. The van der Waals surface area contributed by atoms with E-state index in [1.54, 1.807) is 6.26 Å². The summed E-state index contributed by atoms with van der Waals surface area (Å²) in [5.41, 5.74) is 9.57. The molecule has 2 heterocycles. The SMILES string of the molecule is Nc1cccc2c1CCN(Cc1occc1Br)C2. The highest BCUT2D eigenvalue weighted by Gasteiger charge is 2.19. The number of nitrogen functional groups attached to an aromatic ring is 1. The zero-order valence-electron chi connectivity index (χ0n) is 10.0. The Morgan fingerprint density at radius 1 is 1.33 bits per heavy atom. The number of hydrogen-bond donors (Lipinski definition) is 1. The Hall–Kier alpha value is -1.26. The fourth-order valence-electron chi connectivity index (χ4n) is 2.47. The number of benzene rings is 1. The maximum atomic E-state index is 6.00. The fourth-order valence-corrected chi connectivity index (χ4v) is 2.80. The van der Waals surface area contributed by atoms with Crippen LogP contribution in [0.4, 0.5) is 5.69 Å². The van der Waals surface area contributed by atoms with Crippen LogP contribution in [-0.2, 0) is 19.5 Å². The molecule has 0 radical (unpaired) electrons. The van der Waals surface area contributed by atoms with E-state index in [0.717, 1.165) is 42.0 Å². The van der Waals surface area contributed by atoms with Crippen LogP contribution in [0.5, 0.6) is 0 Å². The van der Waals surface area contributed by atoms with Gasteiger partial charge in [0.15, 0.2) is 0 Å². The van der Waals surface area contributed by atoms with Crippen molar-refractivity contribution in [2.75, 3.05) is 12.3 Å². The van der Waals surface area contributed by atoms with Crippen LogP contribution in [0.25, 0.3) is 0 Å². The van der Waals surface area contributed by atoms with Crippen LogP contribution in [0.1, 0.15) is 16.9 Å². The maximum Gasteiger partial charge on any atom is 0.131 e. The lowest BCUT2D eigenvalue weighted by Gasteiger charge is -2.28. The zero-order valence-corrected chi connectivity index (χ0v) is 11.6. The second-order valence-electron chi connectivity index (χ2n) is 4.64. The van der Waals surface area contributed by atoms with Gasteiger partial charge >= 0.3 is 0 Å². The Labute approximate surface area is 115 Å². The number of fused-ring (bicyclic) bond motifs is 1. The molecule has 2 N–H and O–H groups in total. The minimum absolute atomic E-state index is 0.835. The minimum atomic E-state index is 0.835. The third-order valence-corrected chi connectivity index (χ3v) is 4.15. The average molecular weight is 307 g/mol. The normalized spacial score (nSPS) is 15.6. The molecule has 1 aromatic heterocycles. The quantitative estimate of drug-likeness (QED) is 0.867. The molecule has 0 spiro atoms. The molecule has 2 aromatic rings. The molecule has 3 rings (SSSR count). The van der Waals surface area contributed by atoms with Crippen molar-refractivity contribution in [1.82, 2.24) is 4.90 Å². The number of halogens is 1. The van der Waals surface area contributed by atoms with Gasteiger partial charge in [-0.15, -0.1) is 0 Å². The third kappa shape index (κ3) is 2.18. The molecule has 0 saturated carbocycles. The predicted molar refractivity (Wildman–Crippen MR) is 75.1 cm³/mol. The first kappa shape index (κ1) is 11.8. The molecule has 0 aliphatic carbocycles. The molecule has 0 saturated heterocycles.